The highest BCUT2D eigenvalue weighted by Gasteiger charge is 2.33. The second-order valence-electron chi connectivity index (χ2n) is 9.62. The summed E-state index contributed by atoms with van der Waals surface area (Å²) in [6, 6.07) is 7.01. The number of hydrogen-bond acceptors (Lipinski definition) is 7. The van der Waals surface area contributed by atoms with Crippen LogP contribution in [0.5, 0.6) is 17.2 Å². The molecule has 2 aliphatic rings. The van der Waals surface area contributed by atoms with E-state index < -0.39 is 11.8 Å². The summed E-state index contributed by atoms with van der Waals surface area (Å²) in [5.41, 5.74) is 2.05. The number of hydrogen-bond donors (Lipinski definition) is 2. The number of halogens is 2. The van der Waals surface area contributed by atoms with Crippen LogP contribution in [0, 0.1) is 11.2 Å². The molecule has 1 fully saturated rings. The molecular formula is C29H37BrFN3O6. The van der Waals surface area contributed by atoms with Gasteiger partial charge in [0.15, 0.2) is 23.1 Å². The van der Waals surface area contributed by atoms with Gasteiger partial charge in [0.2, 0.25) is 0 Å². The van der Waals surface area contributed by atoms with Crippen LogP contribution in [0.15, 0.2) is 24.3 Å². The molecule has 11 heteroatoms. The highest BCUT2D eigenvalue weighted by Crippen LogP contribution is 2.39. The van der Waals surface area contributed by atoms with Gasteiger partial charge >= 0.3 is 5.97 Å². The van der Waals surface area contributed by atoms with Crippen molar-refractivity contribution in [1.29, 1.82) is 5.41 Å². The molecule has 0 saturated carbocycles. The molecule has 0 aromatic heterocycles. The number of carboxylic acids is 1. The molecule has 2 aromatic carbocycles. The molecular weight excluding hydrogens is 585 g/mol. The quantitative estimate of drug-likeness (QED) is 0.211. The summed E-state index contributed by atoms with van der Waals surface area (Å²) in [5.74, 6) is -0.748. The Kier molecular flexibility index (Phi) is 11.2. The van der Waals surface area contributed by atoms with Crippen LogP contribution in [0.4, 0.5) is 10.1 Å². The fourth-order valence-electron chi connectivity index (χ4n) is 5.00. The SMILES string of the molecule is Br.CCOc1cc2c(c(F)c1OCC)C(=N)N(CC(=O)c1ccc(OCCCCC(=O)O)c(N3CCCC3)c1)C2. The van der Waals surface area contributed by atoms with Gasteiger partial charge in [0.05, 0.1) is 37.6 Å². The third-order valence-corrected chi connectivity index (χ3v) is 6.88. The zero-order valence-corrected chi connectivity index (χ0v) is 24.7. The first-order valence-corrected chi connectivity index (χ1v) is 13.6. The molecule has 0 radical (unpaired) electrons. The molecule has 0 atom stereocenters. The maximum absolute atomic E-state index is 15.4. The Labute approximate surface area is 244 Å². The van der Waals surface area contributed by atoms with E-state index in [0.29, 0.717) is 48.7 Å². The second kappa shape index (κ2) is 14.3. The van der Waals surface area contributed by atoms with Crippen molar-refractivity contribution in [2.75, 3.05) is 44.4 Å². The van der Waals surface area contributed by atoms with Crippen LogP contribution in [-0.2, 0) is 11.3 Å². The zero-order valence-electron chi connectivity index (χ0n) is 23.0. The average Bonchev–Trinajstić information content (AvgIpc) is 3.55. The van der Waals surface area contributed by atoms with Crippen LogP contribution in [0.2, 0.25) is 0 Å². The number of amidine groups is 1. The van der Waals surface area contributed by atoms with Gasteiger partial charge in [-0.25, -0.2) is 4.39 Å². The fourth-order valence-corrected chi connectivity index (χ4v) is 5.00. The summed E-state index contributed by atoms with van der Waals surface area (Å²) < 4.78 is 32.4. The number of fused-ring (bicyclic) bond motifs is 1. The van der Waals surface area contributed by atoms with E-state index in [1.54, 1.807) is 36.9 Å². The summed E-state index contributed by atoms with van der Waals surface area (Å²) in [5, 5.41) is 17.4. The standard InChI is InChI=1S/C29H36FN3O6.BrH/c1-3-37-24-16-20-17-33(29(31)26(20)27(30)28(24)38-4-2)18-22(34)19-10-11-23(39-14-8-5-9-25(35)36)21(15-19)32-12-6-7-13-32;/h10-11,15-16,31H,3-9,12-14,17-18H2,1-2H3,(H,35,36);1H. The van der Waals surface area contributed by atoms with Crippen LogP contribution in [0.3, 0.4) is 0 Å². The lowest BCUT2D eigenvalue weighted by Crippen LogP contribution is -2.30. The second-order valence-corrected chi connectivity index (χ2v) is 9.62. The number of nitrogens with zero attached hydrogens (tertiary/aromatic N) is 2. The molecule has 0 unspecified atom stereocenters. The number of carbonyl (C=O) groups is 2. The smallest absolute Gasteiger partial charge is 0.303 e. The predicted molar refractivity (Wildman–Crippen MR) is 155 cm³/mol. The molecule has 2 aliphatic heterocycles. The van der Waals surface area contributed by atoms with Crippen molar-refractivity contribution < 1.29 is 33.3 Å². The van der Waals surface area contributed by atoms with Crippen molar-refractivity contribution in [2.24, 2.45) is 0 Å². The van der Waals surface area contributed by atoms with Crippen molar-refractivity contribution in [3.05, 3.63) is 46.8 Å². The van der Waals surface area contributed by atoms with Gasteiger partial charge in [-0.05, 0) is 69.4 Å². The lowest BCUT2D eigenvalue weighted by atomic mass is 10.1. The lowest BCUT2D eigenvalue weighted by molar-refractivity contribution is -0.137. The van der Waals surface area contributed by atoms with Gasteiger partial charge in [-0.3, -0.25) is 15.0 Å². The molecule has 0 aliphatic carbocycles. The van der Waals surface area contributed by atoms with Crippen molar-refractivity contribution in [2.45, 2.75) is 52.5 Å². The first-order chi connectivity index (χ1) is 18.8. The molecule has 1 saturated heterocycles. The molecule has 2 aromatic rings. The summed E-state index contributed by atoms with van der Waals surface area (Å²) in [6.45, 7) is 6.43. The number of carbonyl (C=O) groups excluding carboxylic acids is 1. The Morgan fingerprint density at radius 1 is 1.02 bits per heavy atom. The van der Waals surface area contributed by atoms with Crippen LogP contribution >= 0.6 is 17.0 Å². The number of carboxylic acid groups (broad SMARTS) is 1. The third kappa shape index (κ3) is 7.04. The first kappa shape index (κ1) is 31.2. The van der Waals surface area contributed by atoms with E-state index in [4.69, 9.17) is 24.7 Å². The first-order valence-electron chi connectivity index (χ1n) is 13.6. The third-order valence-electron chi connectivity index (χ3n) is 6.88. The lowest BCUT2D eigenvalue weighted by Gasteiger charge is -2.23. The van der Waals surface area contributed by atoms with E-state index in [-0.39, 0.29) is 66.0 Å². The monoisotopic (exact) mass is 621 g/mol. The van der Waals surface area contributed by atoms with Crippen LogP contribution in [-0.4, -0.2) is 67.0 Å². The topological polar surface area (TPSA) is 112 Å². The van der Waals surface area contributed by atoms with Gasteiger partial charge in [-0.15, -0.1) is 17.0 Å². The Hall–Kier alpha value is -3.34. The number of benzene rings is 2. The minimum Gasteiger partial charge on any atom is -0.491 e. The molecule has 40 heavy (non-hydrogen) atoms. The summed E-state index contributed by atoms with van der Waals surface area (Å²) in [7, 11) is 0. The van der Waals surface area contributed by atoms with Crippen molar-refractivity contribution in [3.8, 4) is 17.2 Å². The number of nitrogens with one attached hydrogen (secondary N) is 1. The van der Waals surface area contributed by atoms with Gasteiger partial charge in [0.25, 0.3) is 0 Å². The summed E-state index contributed by atoms with van der Waals surface area (Å²) in [6.07, 6.45) is 3.37. The van der Waals surface area contributed by atoms with Gasteiger partial charge in [0, 0.05) is 31.6 Å². The number of unbranched alkanes of at least 4 members (excludes halogenated alkanes) is 1. The average molecular weight is 623 g/mol. The number of ether oxygens (including phenoxy) is 3. The molecule has 2 N–H and O–H groups in total. The molecule has 9 nitrogen and oxygen atoms in total. The van der Waals surface area contributed by atoms with E-state index in [0.717, 1.165) is 31.6 Å². The number of anilines is 1. The molecule has 2 heterocycles. The van der Waals surface area contributed by atoms with Gasteiger partial charge in [-0.2, -0.15) is 0 Å². The number of rotatable bonds is 14. The van der Waals surface area contributed by atoms with Gasteiger partial charge < -0.3 is 29.1 Å². The number of ketones is 1. The molecule has 0 spiro atoms. The van der Waals surface area contributed by atoms with E-state index in [9.17, 15) is 9.59 Å². The van der Waals surface area contributed by atoms with E-state index in [2.05, 4.69) is 4.90 Å². The maximum Gasteiger partial charge on any atom is 0.303 e. The summed E-state index contributed by atoms with van der Waals surface area (Å²) in [4.78, 5) is 27.9. The Morgan fingerprint density at radius 2 is 1.75 bits per heavy atom. The predicted octanol–water partition coefficient (Wildman–Crippen LogP) is 5.46. The Morgan fingerprint density at radius 3 is 2.42 bits per heavy atom. The van der Waals surface area contributed by atoms with Gasteiger partial charge in [0.1, 0.15) is 11.6 Å². The van der Waals surface area contributed by atoms with Crippen LogP contribution < -0.4 is 19.1 Å². The van der Waals surface area contributed by atoms with Crippen LogP contribution in [0.1, 0.15) is 67.4 Å². The highest BCUT2D eigenvalue weighted by molar-refractivity contribution is 8.93. The van der Waals surface area contributed by atoms with E-state index >= 15 is 4.39 Å². The van der Waals surface area contributed by atoms with E-state index in [1.165, 1.54) is 0 Å². The fraction of sp³-hybridized carbons (Fsp3) is 0.483. The minimum absolute atomic E-state index is 0. The van der Waals surface area contributed by atoms with Crippen molar-refractivity contribution in [1.82, 2.24) is 4.90 Å². The van der Waals surface area contributed by atoms with Crippen LogP contribution in [0.25, 0.3) is 0 Å². The molecule has 4 rings (SSSR count). The summed E-state index contributed by atoms with van der Waals surface area (Å²) >= 11 is 0. The van der Waals surface area contributed by atoms with Crippen molar-refractivity contribution in [3.63, 3.8) is 0 Å². The zero-order chi connectivity index (χ0) is 27.9. The Bertz CT molecular complexity index is 1230. The molecule has 0 amide bonds. The Balaban J connectivity index is 0.00000441. The van der Waals surface area contributed by atoms with Gasteiger partial charge in [-0.1, -0.05) is 0 Å². The molecule has 218 valence electrons. The largest absolute Gasteiger partial charge is 0.491 e. The normalized spacial score (nSPS) is 14.1. The molecule has 0 bridgehead atoms. The van der Waals surface area contributed by atoms with Crippen molar-refractivity contribution >= 4 is 40.3 Å². The highest BCUT2D eigenvalue weighted by atomic mass is 79.9. The number of aliphatic carboxylic acids is 1. The minimum atomic E-state index is -0.822. The number of Topliss-reactive ketones (excluding diaryl/α,β-unsaturated/α-hetero) is 1. The van der Waals surface area contributed by atoms with E-state index in [1.807, 2.05) is 6.07 Å². The maximum atomic E-state index is 15.4.